The summed E-state index contributed by atoms with van der Waals surface area (Å²) < 4.78 is 52.0. The summed E-state index contributed by atoms with van der Waals surface area (Å²) in [5.41, 5.74) is 1.78. The van der Waals surface area contributed by atoms with Crippen molar-refractivity contribution in [1.29, 1.82) is 5.26 Å². The van der Waals surface area contributed by atoms with Crippen LogP contribution in [0.25, 0.3) is 21.1 Å². The van der Waals surface area contributed by atoms with E-state index in [1.54, 1.807) is 19.9 Å². The van der Waals surface area contributed by atoms with Crippen molar-refractivity contribution in [1.82, 2.24) is 15.3 Å². The Bertz CT molecular complexity index is 1550. The van der Waals surface area contributed by atoms with Gasteiger partial charge in [-0.05, 0) is 62.9 Å². The van der Waals surface area contributed by atoms with Crippen molar-refractivity contribution in [2.75, 3.05) is 29.5 Å². The number of alkyl halides is 1. The van der Waals surface area contributed by atoms with Gasteiger partial charge in [0.1, 0.15) is 22.5 Å². The van der Waals surface area contributed by atoms with Crippen LogP contribution in [0.15, 0.2) is 42.6 Å². The van der Waals surface area contributed by atoms with Crippen LogP contribution in [0.2, 0.25) is 0 Å². The van der Waals surface area contributed by atoms with E-state index in [2.05, 4.69) is 16.4 Å². The van der Waals surface area contributed by atoms with E-state index in [4.69, 9.17) is 4.98 Å². The van der Waals surface area contributed by atoms with E-state index in [0.29, 0.717) is 35.9 Å². The molecule has 1 aliphatic carbocycles. The van der Waals surface area contributed by atoms with Crippen molar-refractivity contribution in [2.45, 2.75) is 50.7 Å². The first-order chi connectivity index (χ1) is 19.4. The van der Waals surface area contributed by atoms with Gasteiger partial charge in [-0.1, -0.05) is 12.1 Å². The quantitative estimate of drug-likeness (QED) is 0.429. The van der Waals surface area contributed by atoms with Crippen LogP contribution in [0.4, 0.5) is 14.5 Å². The molecule has 2 fully saturated rings. The van der Waals surface area contributed by atoms with Crippen molar-refractivity contribution < 1.29 is 22.0 Å². The van der Waals surface area contributed by atoms with Crippen LogP contribution in [0, 0.1) is 23.1 Å². The number of carbonyl (C=O) groups excluding carboxylic acids is 1. The lowest BCUT2D eigenvalue weighted by Crippen LogP contribution is -2.47. The molecule has 3 aromatic rings. The summed E-state index contributed by atoms with van der Waals surface area (Å²) >= 11 is 1.37. The van der Waals surface area contributed by atoms with Crippen LogP contribution in [0.1, 0.15) is 44.7 Å². The summed E-state index contributed by atoms with van der Waals surface area (Å²) in [6.07, 6.45) is 0.696. The number of aromatic nitrogens is 2. The lowest BCUT2D eigenvalue weighted by Gasteiger charge is -2.33. The lowest BCUT2D eigenvalue weighted by molar-refractivity contribution is -0.128. The van der Waals surface area contributed by atoms with E-state index in [0.717, 1.165) is 22.3 Å². The average molecular weight is 600 g/mol. The minimum absolute atomic E-state index is 0.0237. The third-order valence-corrected chi connectivity index (χ3v) is 10.4. The zero-order valence-corrected chi connectivity index (χ0v) is 24.4. The van der Waals surface area contributed by atoms with Gasteiger partial charge in [-0.15, -0.1) is 11.3 Å². The Hall–Kier alpha value is -3.43. The summed E-state index contributed by atoms with van der Waals surface area (Å²) in [6.45, 7) is 4.05. The highest BCUT2D eigenvalue weighted by Crippen LogP contribution is 2.46. The molecule has 3 atom stereocenters. The van der Waals surface area contributed by atoms with Gasteiger partial charge in [-0.25, -0.2) is 22.2 Å². The zero-order valence-electron chi connectivity index (χ0n) is 22.8. The standard InChI is InChI=1S/C29H31F2N5O3S2/c1-29(2,17-32)35-27(37)23-15-19(30)5-9-22(23)25-26(40-28(34-25)24-10-6-20(31)16-33-24)18-3-7-21(8-4-18)36-11-13-41(38,39)14-12-36/h3-4,6-8,10,16,19,22-23H,5,9,11-15H2,1-2H3,(H,35,37)/t19-,22+,23+/m0/s1. The SMILES string of the molecule is CC(C)(C#N)NC(=O)[C@@H]1C[C@@H](F)CC[C@H]1c1nc(-c2ccc(F)cn2)sc1-c1ccc(N2CCS(=O)(=O)CC2)cc1. The monoisotopic (exact) mass is 599 g/mol. The van der Waals surface area contributed by atoms with E-state index >= 15 is 0 Å². The molecule has 1 saturated carbocycles. The average Bonchev–Trinajstić information content (AvgIpc) is 3.38. The second-order valence-corrected chi connectivity index (χ2v) is 14.4. The number of halogens is 2. The number of amides is 1. The number of benzene rings is 1. The summed E-state index contributed by atoms with van der Waals surface area (Å²) in [5.74, 6) is -1.75. The zero-order chi connectivity index (χ0) is 29.4. The second kappa shape index (κ2) is 11.4. The molecule has 12 heteroatoms. The van der Waals surface area contributed by atoms with Crippen LogP contribution in [-0.2, 0) is 14.6 Å². The number of nitrogens with zero attached hydrogens (tertiary/aromatic N) is 4. The molecule has 1 amide bonds. The van der Waals surface area contributed by atoms with Gasteiger partial charge in [0.25, 0.3) is 0 Å². The number of thiazole rings is 1. The molecule has 0 bridgehead atoms. The van der Waals surface area contributed by atoms with Crippen LogP contribution in [-0.4, -0.2) is 60.6 Å². The molecule has 216 valence electrons. The Morgan fingerprint density at radius 3 is 2.49 bits per heavy atom. The van der Waals surface area contributed by atoms with E-state index in [1.807, 2.05) is 29.2 Å². The summed E-state index contributed by atoms with van der Waals surface area (Å²) in [4.78, 5) is 25.3. The maximum absolute atomic E-state index is 14.6. The number of nitrogens with one attached hydrogen (secondary N) is 1. The fraction of sp³-hybridized carbons (Fsp3) is 0.448. The topological polar surface area (TPSA) is 116 Å². The van der Waals surface area contributed by atoms with E-state index in [9.17, 15) is 27.3 Å². The molecule has 2 aromatic heterocycles. The van der Waals surface area contributed by atoms with Crippen molar-refractivity contribution in [3.63, 3.8) is 0 Å². The van der Waals surface area contributed by atoms with Gasteiger partial charge in [0.2, 0.25) is 5.91 Å². The maximum atomic E-state index is 14.6. The van der Waals surface area contributed by atoms with Gasteiger partial charge in [-0.2, -0.15) is 5.26 Å². The Morgan fingerprint density at radius 2 is 1.85 bits per heavy atom. The third-order valence-electron chi connectivity index (χ3n) is 7.63. The fourth-order valence-electron chi connectivity index (χ4n) is 5.36. The molecule has 0 unspecified atom stereocenters. The third kappa shape index (κ3) is 6.57. The first-order valence-corrected chi connectivity index (χ1v) is 16.1. The van der Waals surface area contributed by atoms with Gasteiger partial charge in [0.05, 0.1) is 40.0 Å². The number of pyridine rings is 1. The van der Waals surface area contributed by atoms with Crippen molar-refractivity contribution in [2.24, 2.45) is 5.92 Å². The molecule has 1 aromatic carbocycles. The normalized spacial score (nSPS) is 22.6. The molecule has 1 saturated heterocycles. The number of rotatable bonds is 6. The summed E-state index contributed by atoms with van der Waals surface area (Å²) in [5, 5.41) is 12.8. The smallest absolute Gasteiger partial charge is 0.225 e. The second-order valence-electron chi connectivity index (χ2n) is 11.1. The molecule has 0 radical (unpaired) electrons. The van der Waals surface area contributed by atoms with Crippen LogP contribution < -0.4 is 10.2 Å². The largest absolute Gasteiger partial charge is 0.369 e. The Kier molecular flexibility index (Phi) is 8.12. The molecule has 41 heavy (non-hydrogen) atoms. The summed E-state index contributed by atoms with van der Waals surface area (Å²) in [6, 6.07) is 12.7. The lowest BCUT2D eigenvalue weighted by atomic mass is 9.75. The minimum atomic E-state index is -3.00. The molecule has 0 spiro atoms. The van der Waals surface area contributed by atoms with Crippen molar-refractivity contribution >= 4 is 32.8 Å². The molecule has 8 nitrogen and oxygen atoms in total. The number of carbonyl (C=O) groups is 1. The number of anilines is 1. The van der Waals surface area contributed by atoms with E-state index < -0.39 is 39.2 Å². The highest BCUT2D eigenvalue weighted by Gasteiger charge is 2.40. The predicted octanol–water partition coefficient (Wildman–Crippen LogP) is 4.89. The van der Waals surface area contributed by atoms with Crippen LogP contribution >= 0.6 is 11.3 Å². The Balaban J connectivity index is 1.52. The van der Waals surface area contributed by atoms with Crippen LogP contribution in [0.3, 0.4) is 0 Å². The molecule has 1 aliphatic heterocycles. The fourth-order valence-corrected chi connectivity index (χ4v) is 7.68. The first-order valence-electron chi connectivity index (χ1n) is 13.5. The molecule has 3 heterocycles. The highest BCUT2D eigenvalue weighted by atomic mass is 32.2. The maximum Gasteiger partial charge on any atom is 0.225 e. The summed E-state index contributed by atoms with van der Waals surface area (Å²) in [7, 11) is -3.00. The van der Waals surface area contributed by atoms with E-state index in [1.165, 1.54) is 17.4 Å². The molecular weight excluding hydrogens is 568 g/mol. The van der Waals surface area contributed by atoms with Gasteiger partial charge < -0.3 is 10.2 Å². The highest BCUT2D eigenvalue weighted by molar-refractivity contribution is 7.91. The van der Waals surface area contributed by atoms with Gasteiger partial charge in [0, 0.05) is 30.6 Å². The van der Waals surface area contributed by atoms with Crippen molar-refractivity contribution in [3.8, 4) is 27.2 Å². The number of sulfone groups is 1. The first kappa shape index (κ1) is 29.1. The molecule has 2 aliphatic rings. The van der Waals surface area contributed by atoms with Gasteiger partial charge in [0.15, 0.2) is 9.84 Å². The molecule has 1 N–H and O–H groups in total. The van der Waals surface area contributed by atoms with Crippen LogP contribution in [0.5, 0.6) is 0 Å². The molecular formula is C29H31F2N5O3S2. The number of nitriles is 1. The number of hydrogen-bond donors (Lipinski definition) is 1. The van der Waals surface area contributed by atoms with E-state index in [-0.39, 0.29) is 30.3 Å². The number of hydrogen-bond acceptors (Lipinski definition) is 8. The van der Waals surface area contributed by atoms with Crippen molar-refractivity contribution in [3.05, 3.63) is 54.1 Å². The predicted molar refractivity (Wildman–Crippen MR) is 154 cm³/mol. The van der Waals surface area contributed by atoms with Gasteiger partial charge in [-0.3, -0.25) is 9.78 Å². The molecule has 5 rings (SSSR count). The Labute approximate surface area is 242 Å². The van der Waals surface area contributed by atoms with Gasteiger partial charge >= 0.3 is 0 Å². The Morgan fingerprint density at radius 1 is 1.15 bits per heavy atom. The minimum Gasteiger partial charge on any atom is -0.369 e.